The zero-order valence-electron chi connectivity index (χ0n) is 8.08. The van der Waals surface area contributed by atoms with Gasteiger partial charge in [-0.3, -0.25) is 0 Å². The molecule has 0 radical (unpaired) electrons. The average Bonchev–Trinajstić information content (AvgIpc) is 2.45. The zero-order chi connectivity index (χ0) is 9.68. The van der Waals surface area contributed by atoms with Crippen molar-refractivity contribution in [2.75, 3.05) is 12.3 Å². The molecule has 0 aliphatic rings. The molecule has 13 heavy (non-hydrogen) atoms. The molecule has 1 aromatic rings. The van der Waals surface area contributed by atoms with Gasteiger partial charge in [0.05, 0.1) is 0 Å². The lowest BCUT2D eigenvalue weighted by Crippen LogP contribution is -2.23. The van der Waals surface area contributed by atoms with E-state index in [4.69, 9.17) is 10.3 Å². The normalized spacial score (nSPS) is 11.0. The Labute approximate surface area is 77.7 Å². The molecule has 3 N–H and O–H groups in total. The molecule has 0 saturated heterocycles. The molecule has 0 amide bonds. The molecular weight excluding hydrogens is 168 g/mol. The molecule has 0 aliphatic carbocycles. The highest BCUT2D eigenvalue weighted by atomic mass is 16.5. The van der Waals surface area contributed by atoms with Crippen molar-refractivity contribution in [3.63, 3.8) is 0 Å². The molecule has 0 unspecified atom stereocenters. The summed E-state index contributed by atoms with van der Waals surface area (Å²) in [6.07, 6.45) is 1.77. The van der Waals surface area contributed by atoms with E-state index < -0.39 is 0 Å². The summed E-state index contributed by atoms with van der Waals surface area (Å²) in [6, 6.07) is 0.521. The van der Waals surface area contributed by atoms with E-state index in [-0.39, 0.29) is 5.95 Å². The standard InChI is InChI=1S/C8H16N4O/c1-6(2)10-5-3-4-7-11-8(9)12-13-7/h6,10H,3-5H2,1-2H3,(H2,9,12). The lowest BCUT2D eigenvalue weighted by molar-refractivity contribution is 0.374. The second kappa shape index (κ2) is 4.81. The first-order valence-corrected chi connectivity index (χ1v) is 4.50. The minimum Gasteiger partial charge on any atom is -0.365 e. The fourth-order valence-corrected chi connectivity index (χ4v) is 1.000. The van der Waals surface area contributed by atoms with Crippen molar-refractivity contribution in [2.24, 2.45) is 0 Å². The number of anilines is 1. The number of nitrogen functional groups attached to an aromatic ring is 1. The van der Waals surface area contributed by atoms with Crippen LogP contribution in [0.15, 0.2) is 4.52 Å². The van der Waals surface area contributed by atoms with Gasteiger partial charge in [-0.2, -0.15) is 4.98 Å². The van der Waals surface area contributed by atoms with Crippen molar-refractivity contribution in [3.8, 4) is 0 Å². The Balaban J connectivity index is 2.13. The maximum Gasteiger partial charge on any atom is 0.260 e. The van der Waals surface area contributed by atoms with Crippen LogP contribution in [0.2, 0.25) is 0 Å². The van der Waals surface area contributed by atoms with Gasteiger partial charge in [0.2, 0.25) is 5.89 Å². The first-order chi connectivity index (χ1) is 6.18. The number of aryl methyl sites for hydroxylation is 1. The summed E-state index contributed by atoms with van der Waals surface area (Å²) in [6.45, 7) is 5.19. The largest absolute Gasteiger partial charge is 0.365 e. The predicted octanol–water partition coefficient (Wildman–Crippen LogP) is 0.582. The minimum atomic E-state index is 0.215. The van der Waals surface area contributed by atoms with Crippen molar-refractivity contribution in [1.82, 2.24) is 15.5 Å². The Kier molecular flexibility index (Phi) is 3.70. The van der Waals surface area contributed by atoms with Crippen LogP contribution < -0.4 is 11.1 Å². The molecule has 1 heterocycles. The Hall–Kier alpha value is -1.10. The number of aromatic nitrogens is 2. The van der Waals surface area contributed by atoms with Gasteiger partial charge < -0.3 is 15.6 Å². The van der Waals surface area contributed by atoms with Crippen molar-refractivity contribution in [2.45, 2.75) is 32.7 Å². The Bertz CT molecular complexity index is 246. The number of nitrogens with two attached hydrogens (primary N) is 1. The third kappa shape index (κ3) is 3.89. The highest BCUT2D eigenvalue weighted by Gasteiger charge is 2.01. The Morgan fingerprint density at radius 1 is 1.54 bits per heavy atom. The molecule has 5 nitrogen and oxygen atoms in total. The van der Waals surface area contributed by atoms with Gasteiger partial charge in [-0.15, -0.1) is 0 Å². The summed E-state index contributed by atoms with van der Waals surface area (Å²) < 4.78 is 4.86. The van der Waals surface area contributed by atoms with Gasteiger partial charge in [0.1, 0.15) is 0 Å². The fraction of sp³-hybridized carbons (Fsp3) is 0.750. The van der Waals surface area contributed by atoms with Crippen LogP contribution in [-0.4, -0.2) is 22.7 Å². The Morgan fingerprint density at radius 2 is 2.31 bits per heavy atom. The van der Waals surface area contributed by atoms with E-state index in [1.165, 1.54) is 0 Å². The first-order valence-electron chi connectivity index (χ1n) is 4.50. The van der Waals surface area contributed by atoms with Gasteiger partial charge in [0.25, 0.3) is 5.95 Å². The van der Waals surface area contributed by atoms with E-state index >= 15 is 0 Å². The third-order valence-corrected chi connectivity index (χ3v) is 1.60. The van der Waals surface area contributed by atoms with Crippen LogP contribution in [-0.2, 0) is 6.42 Å². The molecule has 0 aliphatic heterocycles. The van der Waals surface area contributed by atoms with Crippen LogP contribution in [0.4, 0.5) is 5.95 Å². The third-order valence-electron chi connectivity index (χ3n) is 1.60. The van der Waals surface area contributed by atoms with E-state index in [9.17, 15) is 0 Å². The van der Waals surface area contributed by atoms with Gasteiger partial charge >= 0.3 is 0 Å². The maximum atomic E-state index is 5.30. The molecule has 0 bridgehead atoms. The van der Waals surface area contributed by atoms with Crippen molar-refractivity contribution < 1.29 is 4.52 Å². The van der Waals surface area contributed by atoms with Gasteiger partial charge in [0.15, 0.2) is 0 Å². The van der Waals surface area contributed by atoms with Crippen molar-refractivity contribution >= 4 is 5.95 Å². The summed E-state index contributed by atoms with van der Waals surface area (Å²) in [7, 11) is 0. The molecule has 74 valence electrons. The van der Waals surface area contributed by atoms with E-state index in [1.54, 1.807) is 0 Å². The second-order valence-electron chi connectivity index (χ2n) is 3.26. The second-order valence-corrected chi connectivity index (χ2v) is 3.26. The number of hydrogen-bond donors (Lipinski definition) is 2. The van der Waals surface area contributed by atoms with Crippen molar-refractivity contribution in [3.05, 3.63) is 5.89 Å². The molecule has 0 atom stereocenters. The minimum absolute atomic E-state index is 0.215. The molecular formula is C8H16N4O. The Morgan fingerprint density at radius 3 is 2.85 bits per heavy atom. The first kappa shape index (κ1) is 9.98. The predicted molar refractivity (Wildman–Crippen MR) is 50.2 cm³/mol. The summed E-state index contributed by atoms with van der Waals surface area (Å²) in [5.74, 6) is 0.829. The van der Waals surface area contributed by atoms with Gasteiger partial charge in [-0.1, -0.05) is 13.8 Å². The fourth-order valence-electron chi connectivity index (χ4n) is 1.000. The number of rotatable bonds is 5. The highest BCUT2D eigenvalue weighted by Crippen LogP contribution is 2.00. The quantitative estimate of drug-likeness (QED) is 0.655. The molecule has 1 rings (SSSR count). The van der Waals surface area contributed by atoms with Gasteiger partial charge in [-0.25, -0.2) is 0 Å². The number of hydrogen-bond acceptors (Lipinski definition) is 5. The molecule has 1 aromatic heterocycles. The zero-order valence-corrected chi connectivity index (χ0v) is 8.08. The summed E-state index contributed by atoms with van der Waals surface area (Å²) in [5.41, 5.74) is 5.30. The monoisotopic (exact) mass is 184 g/mol. The highest BCUT2D eigenvalue weighted by molar-refractivity contribution is 5.10. The molecule has 0 fully saturated rings. The van der Waals surface area contributed by atoms with E-state index in [2.05, 4.69) is 29.3 Å². The van der Waals surface area contributed by atoms with E-state index in [1.807, 2.05) is 0 Å². The van der Waals surface area contributed by atoms with E-state index in [0.717, 1.165) is 19.4 Å². The van der Waals surface area contributed by atoms with E-state index in [0.29, 0.717) is 11.9 Å². The average molecular weight is 184 g/mol. The molecule has 5 heteroatoms. The molecule has 0 spiro atoms. The van der Waals surface area contributed by atoms with Crippen LogP contribution in [0.25, 0.3) is 0 Å². The maximum absolute atomic E-state index is 5.30. The van der Waals surface area contributed by atoms with Gasteiger partial charge in [0, 0.05) is 12.5 Å². The van der Waals surface area contributed by atoms with Gasteiger partial charge in [-0.05, 0) is 18.1 Å². The van der Waals surface area contributed by atoms with Crippen LogP contribution in [0, 0.1) is 0 Å². The van der Waals surface area contributed by atoms with Crippen LogP contribution in [0.3, 0.4) is 0 Å². The number of nitrogens with one attached hydrogen (secondary N) is 1. The summed E-state index contributed by atoms with van der Waals surface area (Å²) in [4.78, 5) is 3.90. The van der Waals surface area contributed by atoms with Crippen LogP contribution >= 0.6 is 0 Å². The number of nitrogens with zero attached hydrogens (tertiary/aromatic N) is 2. The summed E-state index contributed by atoms with van der Waals surface area (Å²) in [5, 5.41) is 6.80. The summed E-state index contributed by atoms with van der Waals surface area (Å²) >= 11 is 0. The SMILES string of the molecule is CC(C)NCCCc1nc(N)no1. The molecule has 0 saturated carbocycles. The van der Waals surface area contributed by atoms with Crippen molar-refractivity contribution in [1.29, 1.82) is 0 Å². The lowest BCUT2D eigenvalue weighted by Gasteiger charge is -2.05. The van der Waals surface area contributed by atoms with Crippen LogP contribution in [0.1, 0.15) is 26.2 Å². The lowest BCUT2D eigenvalue weighted by atomic mass is 10.3. The molecule has 0 aromatic carbocycles. The van der Waals surface area contributed by atoms with Crippen LogP contribution in [0.5, 0.6) is 0 Å². The smallest absolute Gasteiger partial charge is 0.260 e. The topological polar surface area (TPSA) is 77.0 Å².